The predicted molar refractivity (Wildman–Crippen MR) is 109 cm³/mol. The number of methoxy groups -OCH3 is 1. The van der Waals surface area contributed by atoms with Crippen LogP contribution in [-0.4, -0.2) is 58.8 Å². The molecule has 2 aromatic rings. The van der Waals surface area contributed by atoms with Gasteiger partial charge in [-0.2, -0.15) is 8.42 Å². The number of hydrogen-bond acceptors (Lipinski definition) is 6. The highest BCUT2D eigenvalue weighted by molar-refractivity contribution is 7.79. The van der Waals surface area contributed by atoms with Crippen LogP contribution >= 0.6 is 0 Å². The Morgan fingerprint density at radius 1 is 1.34 bits per heavy atom. The molecule has 5 rings (SSSR count). The Morgan fingerprint density at radius 3 is 2.66 bits per heavy atom. The van der Waals surface area contributed by atoms with Crippen LogP contribution in [0.25, 0.3) is 10.9 Å². The normalized spacial score (nSPS) is 27.0. The molecule has 158 valence electrons. The summed E-state index contributed by atoms with van der Waals surface area (Å²) in [7, 11) is -3.01. The second-order valence-corrected chi connectivity index (χ2v) is 8.32. The molecule has 8 nitrogen and oxygen atoms in total. The Morgan fingerprint density at radius 2 is 2.07 bits per heavy atom. The van der Waals surface area contributed by atoms with E-state index < -0.39 is 16.5 Å². The second-order valence-electron chi connectivity index (χ2n) is 7.42. The molecule has 1 aromatic heterocycles. The third-order valence-corrected chi connectivity index (χ3v) is 5.82. The first-order valence-corrected chi connectivity index (χ1v) is 10.8. The van der Waals surface area contributed by atoms with Gasteiger partial charge in [-0.05, 0) is 61.1 Å². The van der Waals surface area contributed by atoms with Crippen LogP contribution in [0.2, 0.25) is 0 Å². The lowest BCUT2D eigenvalue weighted by atomic mass is 9.73. The van der Waals surface area contributed by atoms with Crippen molar-refractivity contribution in [2.24, 2.45) is 11.8 Å². The van der Waals surface area contributed by atoms with Gasteiger partial charge in [0.15, 0.2) is 0 Å². The van der Waals surface area contributed by atoms with Gasteiger partial charge in [0.25, 0.3) is 0 Å². The molecule has 0 aliphatic carbocycles. The van der Waals surface area contributed by atoms with Crippen molar-refractivity contribution in [2.45, 2.75) is 25.0 Å². The number of ether oxygens (including phenoxy) is 1. The molecule has 0 spiro atoms. The van der Waals surface area contributed by atoms with E-state index in [-0.39, 0.29) is 6.04 Å². The molecule has 1 aromatic carbocycles. The number of rotatable bonds is 4. The van der Waals surface area contributed by atoms with Gasteiger partial charge in [-0.3, -0.25) is 19.0 Å². The summed E-state index contributed by atoms with van der Waals surface area (Å²) in [6.45, 7) is 6.07. The standard InChI is InChI=1S/C20H24N2O2.H2O4S/c1-3-13-12-22-9-7-14(13)10-19(22)20(23)16-6-8-21-18-5-4-15(24-2)11-17(16)18;1-5(2,3)4/h3-6,8,11,13-14,19-20,23H,1,7,9-10,12H2,2H3;(H2,1,2,3,4)/t13?,14?,19?,20-;/m1./s1. The number of hydrogen-bond donors (Lipinski definition) is 3. The molecule has 3 fully saturated rings. The third kappa shape index (κ3) is 5.12. The van der Waals surface area contributed by atoms with Crippen molar-refractivity contribution >= 4 is 21.3 Å². The van der Waals surface area contributed by atoms with E-state index in [1.807, 2.05) is 24.3 Å². The summed E-state index contributed by atoms with van der Waals surface area (Å²) in [5, 5.41) is 12.1. The number of piperidine rings is 3. The second kappa shape index (κ2) is 8.76. The smallest absolute Gasteiger partial charge is 0.394 e. The van der Waals surface area contributed by atoms with E-state index in [1.54, 1.807) is 13.3 Å². The quantitative estimate of drug-likeness (QED) is 0.508. The van der Waals surface area contributed by atoms with Crippen LogP contribution in [-0.2, 0) is 10.4 Å². The number of aromatic nitrogens is 1. The molecular weight excluding hydrogens is 396 g/mol. The van der Waals surface area contributed by atoms with Gasteiger partial charge < -0.3 is 9.84 Å². The van der Waals surface area contributed by atoms with Crippen LogP contribution < -0.4 is 4.74 Å². The van der Waals surface area contributed by atoms with Crippen molar-refractivity contribution in [3.05, 3.63) is 48.7 Å². The molecule has 3 aliphatic rings. The molecule has 29 heavy (non-hydrogen) atoms. The van der Waals surface area contributed by atoms with Crippen molar-refractivity contribution in [3.63, 3.8) is 0 Å². The fourth-order valence-corrected chi connectivity index (χ4v) is 4.44. The average molecular weight is 423 g/mol. The van der Waals surface area contributed by atoms with Crippen LogP contribution in [0.4, 0.5) is 0 Å². The molecular formula is C20H26N2O6S. The lowest BCUT2D eigenvalue weighted by Gasteiger charge is -2.50. The van der Waals surface area contributed by atoms with Gasteiger partial charge in [-0.25, -0.2) is 0 Å². The number of benzene rings is 1. The van der Waals surface area contributed by atoms with Crippen molar-refractivity contribution < 1.29 is 27.4 Å². The molecule has 2 bridgehead atoms. The van der Waals surface area contributed by atoms with E-state index in [0.29, 0.717) is 11.8 Å². The largest absolute Gasteiger partial charge is 0.497 e. The third-order valence-electron chi connectivity index (χ3n) is 5.82. The molecule has 0 amide bonds. The first-order valence-electron chi connectivity index (χ1n) is 9.38. The van der Waals surface area contributed by atoms with E-state index in [9.17, 15) is 5.11 Å². The van der Waals surface area contributed by atoms with E-state index in [2.05, 4.69) is 22.5 Å². The Hall–Kier alpha value is -2.04. The lowest BCUT2D eigenvalue weighted by molar-refractivity contribution is -0.0444. The molecule has 9 heteroatoms. The van der Waals surface area contributed by atoms with Crippen LogP contribution in [0.5, 0.6) is 5.75 Å². The molecule has 4 heterocycles. The van der Waals surface area contributed by atoms with Gasteiger partial charge >= 0.3 is 10.4 Å². The number of aliphatic hydroxyl groups is 1. The molecule has 0 radical (unpaired) electrons. The molecule has 3 N–H and O–H groups in total. The minimum atomic E-state index is -4.67. The number of nitrogens with zero attached hydrogens (tertiary/aromatic N) is 2. The number of pyridine rings is 1. The van der Waals surface area contributed by atoms with Crippen LogP contribution in [0.3, 0.4) is 0 Å². The highest BCUT2D eigenvalue weighted by atomic mass is 32.3. The van der Waals surface area contributed by atoms with Crippen molar-refractivity contribution in [1.29, 1.82) is 0 Å². The summed E-state index contributed by atoms with van der Waals surface area (Å²) >= 11 is 0. The van der Waals surface area contributed by atoms with E-state index in [1.165, 1.54) is 6.42 Å². The summed E-state index contributed by atoms with van der Waals surface area (Å²) in [5.74, 6) is 2.01. The van der Waals surface area contributed by atoms with E-state index in [0.717, 1.165) is 41.7 Å². The topological polar surface area (TPSA) is 120 Å². The van der Waals surface area contributed by atoms with Crippen LogP contribution in [0.1, 0.15) is 24.5 Å². The lowest BCUT2D eigenvalue weighted by Crippen LogP contribution is -2.54. The maximum Gasteiger partial charge on any atom is 0.394 e. The van der Waals surface area contributed by atoms with Crippen LogP contribution in [0.15, 0.2) is 43.1 Å². The first kappa shape index (κ1) is 21.7. The van der Waals surface area contributed by atoms with Gasteiger partial charge in [-0.1, -0.05) is 6.08 Å². The van der Waals surface area contributed by atoms with Crippen molar-refractivity contribution in [1.82, 2.24) is 9.88 Å². The Balaban J connectivity index is 0.000000431. The zero-order valence-corrected chi connectivity index (χ0v) is 17.0. The maximum atomic E-state index is 11.2. The zero-order chi connectivity index (χ0) is 21.2. The molecule has 0 saturated carbocycles. The van der Waals surface area contributed by atoms with Crippen molar-refractivity contribution in [3.8, 4) is 5.75 Å². The fourth-order valence-electron chi connectivity index (χ4n) is 4.44. The van der Waals surface area contributed by atoms with E-state index >= 15 is 0 Å². The SMILES string of the molecule is C=CC1CN2CCC1CC2[C@H](O)c1ccnc2ccc(OC)cc12.O=S(=O)(O)O. The maximum absolute atomic E-state index is 11.2. The molecule has 3 aliphatic heterocycles. The van der Waals surface area contributed by atoms with Gasteiger partial charge in [0.2, 0.25) is 0 Å². The first-order chi connectivity index (χ1) is 13.7. The molecule has 5 atom stereocenters. The summed E-state index contributed by atoms with van der Waals surface area (Å²) < 4.78 is 36.9. The van der Waals surface area contributed by atoms with Gasteiger partial charge in [-0.15, -0.1) is 6.58 Å². The highest BCUT2D eigenvalue weighted by Gasteiger charge is 2.42. The fraction of sp³-hybridized carbons (Fsp3) is 0.450. The van der Waals surface area contributed by atoms with Gasteiger partial charge in [0.05, 0.1) is 18.7 Å². The minimum absolute atomic E-state index is 0.178. The molecule has 3 saturated heterocycles. The molecule has 4 unspecified atom stereocenters. The minimum Gasteiger partial charge on any atom is -0.497 e. The Kier molecular flexibility index (Phi) is 6.55. The Labute approximate surface area is 170 Å². The predicted octanol–water partition coefficient (Wildman–Crippen LogP) is 2.52. The highest BCUT2D eigenvalue weighted by Crippen LogP contribution is 2.42. The van der Waals surface area contributed by atoms with Crippen LogP contribution in [0, 0.1) is 11.8 Å². The average Bonchev–Trinajstić information content (AvgIpc) is 2.71. The zero-order valence-electron chi connectivity index (χ0n) is 16.2. The number of aliphatic hydroxyl groups excluding tert-OH is 1. The monoisotopic (exact) mass is 422 g/mol. The van der Waals surface area contributed by atoms with Gasteiger partial charge in [0, 0.05) is 24.2 Å². The summed E-state index contributed by atoms with van der Waals surface area (Å²) in [6, 6.07) is 7.96. The summed E-state index contributed by atoms with van der Waals surface area (Å²) in [4.78, 5) is 6.86. The van der Waals surface area contributed by atoms with Crippen molar-refractivity contribution in [2.75, 3.05) is 20.2 Å². The Bertz CT molecular complexity index is 972. The van der Waals surface area contributed by atoms with E-state index in [4.69, 9.17) is 22.3 Å². The van der Waals surface area contributed by atoms with Gasteiger partial charge in [0.1, 0.15) is 5.75 Å². The number of fused-ring (bicyclic) bond motifs is 4. The summed E-state index contributed by atoms with van der Waals surface area (Å²) in [5.41, 5.74) is 1.85. The summed E-state index contributed by atoms with van der Waals surface area (Å²) in [6.07, 6.45) is 5.62.